The van der Waals surface area contributed by atoms with E-state index in [-0.39, 0.29) is 5.78 Å². The quantitative estimate of drug-likeness (QED) is 0.807. The van der Waals surface area contributed by atoms with Crippen molar-refractivity contribution in [3.05, 3.63) is 35.9 Å². The first-order valence-corrected chi connectivity index (χ1v) is 6.85. The van der Waals surface area contributed by atoms with Crippen LogP contribution in [0.2, 0.25) is 0 Å². The summed E-state index contributed by atoms with van der Waals surface area (Å²) < 4.78 is 16.8. The highest BCUT2D eigenvalue weighted by Gasteiger charge is 2.35. The monoisotopic (exact) mass is 250 g/mol. The third-order valence-corrected chi connectivity index (χ3v) is 3.63. The van der Waals surface area contributed by atoms with Gasteiger partial charge in [0.05, 0.1) is 0 Å². The highest BCUT2D eigenvalue weighted by molar-refractivity contribution is 7.84. The smallest absolute Gasteiger partial charge is 0.202 e. The second-order valence-electron chi connectivity index (χ2n) is 4.46. The minimum atomic E-state index is -0.988. The van der Waals surface area contributed by atoms with Crippen LogP contribution in [0.5, 0.6) is 0 Å². The lowest BCUT2D eigenvalue weighted by molar-refractivity contribution is -0.125. The summed E-state index contributed by atoms with van der Waals surface area (Å²) in [6.07, 6.45) is 3.14. The van der Waals surface area contributed by atoms with Gasteiger partial charge in [-0.15, -0.1) is 0 Å². The van der Waals surface area contributed by atoms with Crippen molar-refractivity contribution in [3.8, 4) is 0 Å². The summed E-state index contributed by atoms with van der Waals surface area (Å²) in [6, 6.07) is 7.20. The minimum absolute atomic E-state index is 0.0318. The maximum absolute atomic E-state index is 11.6. The molecule has 0 amide bonds. The zero-order valence-corrected chi connectivity index (χ0v) is 10.8. The summed E-state index contributed by atoms with van der Waals surface area (Å²) in [6.45, 7) is 3.49. The van der Waals surface area contributed by atoms with Gasteiger partial charge in [0, 0.05) is 33.6 Å². The van der Waals surface area contributed by atoms with Crippen LogP contribution in [-0.4, -0.2) is 21.8 Å². The predicted octanol–water partition coefficient (Wildman–Crippen LogP) is 2.14. The molecule has 0 fully saturated rings. The lowest BCUT2D eigenvalue weighted by atomic mass is 10.1. The van der Waals surface area contributed by atoms with Gasteiger partial charge in [-0.1, -0.05) is 12.1 Å². The van der Waals surface area contributed by atoms with E-state index >= 15 is 0 Å². The Kier molecular flexibility index (Phi) is 2.91. The number of benzene rings is 1. The highest BCUT2D eigenvalue weighted by atomic mass is 32.2. The molecule has 1 aromatic carbocycles. The van der Waals surface area contributed by atoms with Gasteiger partial charge in [0.15, 0.2) is 5.60 Å². The first kappa shape index (κ1) is 12.0. The third-order valence-electron chi connectivity index (χ3n) is 2.69. The lowest BCUT2D eigenvalue weighted by Crippen LogP contribution is -2.27. The molecule has 1 aliphatic heterocycles. The Morgan fingerprint density at radius 1 is 1.18 bits per heavy atom. The SMILES string of the molecule is C[S@](=O)c1ccc(C2=CC(=O)C(C)(C)O2)cc1. The van der Waals surface area contributed by atoms with Crippen LogP contribution in [0.15, 0.2) is 35.2 Å². The number of ether oxygens (including phenoxy) is 1. The van der Waals surface area contributed by atoms with E-state index in [1.165, 1.54) is 6.08 Å². The number of carbonyl (C=O) groups is 1. The minimum Gasteiger partial charge on any atom is -0.479 e. The molecule has 0 N–H and O–H groups in total. The van der Waals surface area contributed by atoms with E-state index in [2.05, 4.69) is 0 Å². The van der Waals surface area contributed by atoms with Gasteiger partial charge in [-0.2, -0.15) is 0 Å². The van der Waals surface area contributed by atoms with Crippen molar-refractivity contribution in [2.75, 3.05) is 6.26 Å². The van der Waals surface area contributed by atoms with Gasteiger partial charge in [-0.3, -0.25) is 9.00 Å². The van der Waals surface area contributed by atoms with Crippen LogP contribution < -0.4 is 0 Å². The van der Waals surface area contributed by atoms with Crippen molar-refractivity contribution in [1.82, 2.24) is 0 Å². The van der Waals surface area contributed by atoms with Crippen LogP contribution in [0, 0.1) is 0 Å². The predicted molar refractivity (Wildman–Crippen MR) is 66.9 cm³/mol. The molecule has 0 bridgehead atoms. The Hall–Kier alpha value is -1.42. The van der Waals surface area contributed by atoms with Gasteiger partial charge in [0.1, 0.15) is 5.76 Å². The molecule has 1 aliphatic rings. The summed E-state index contributed by atoms with van der Waals surface area (Å²) >= 11 is 0. The van der Waals surface area contributed by atoms with Gasteiger partial charge in [0.25, 0.3) is 0 Å². The normalized spacial score (nSPS) is 19.7. The van der Waals surface area contributed by atoms with Crippen LogP contribution >= 0.6 is 0 Å². The molecule has 0 saturated carbocycles. The summed E-state index contributed by atoms with van der Waals surface area (Å²) in [5, 5.41) is 0. The van der Waals surface area contributed by atoms with E-state index in [4.69, 9.17) is 4.74 Å². The third kappa shape index (κ3) is 2.31. The molecule has 3 nitrogen and oxygen atoms in total. The standard InChI is InChI=1S/C13H14O3S/c1-13(2)12(14)8-11(16-13)9-4-6-10(7-5-9)17(3)15/h4-8H,1-3H3/t17-/m0/s1. The summed E-state index contributed by atoms with van der Waals surface area (Å²) in [4.78, 5) is 12.4. The van der Waals surface area contributed by atoms with E-state index in [0.717, 1.165) is 10.5 Å². The molecule has 0 unspecified atom stereocenters. The largest absolute Gasteiger partial charge is 0.479 e. The Morgan fingerprint density at radius 2 is 1.76 bits per heavy atom. The fraction of sp³-hybridized carbons (Fsp3) is 0.308. The highest BCUT2D eigenvalue weighted by Crippen LogP contribution is 2.31. The van der Waals surface area contributed by atoms with Crippen LogP contribution in [0.4, 0.5) is 0 Å². The molecule has 17 heavy (non-hydrogen) atoms. The Bertz CT molecular complexity index is 512. The average Bonchev–Trinajstić information content (AvgIpc) is 2.54. The Balaban J connectivity index is 2.29. The average molecular weight is 250 g/mol. The van der Waals surface area contributed by atoms with Crippen molar-refractivity contribution in [1.29, 1.82) is 0 Å². The number of hydrogen-bond donors (Lipinski definition) is 0. The van der Waals surface area contributed by atoms with Gasteiger partial charge in [-0.25, -0.2) is 0 Å². The van der Waals surface area contributed by atoms with E-state index in [1.54, 1.807) is 32.2 Å². The van der Waals surface area contributed by atoms with Crippen LogP contribution in [0.3, 0.4) is 0 Å². The first-order chi connectivity index (χ1) is 7.90. The molecule has 0 aliphatic carbocycles. The number of carbonyl (C=O) groups excluding carboxylic acids is 1. The fourth-order valence-corrected chi connectivity index (χ4v) is 2.12. The van der Waals surface area contributed by atoms with E-state index in [1.807, 2.05) is 12.1 Å². The molecule has 1 heterocycles. The number of rotatable bonds is 2. The van der Waals surface area contributed by atoms with Gasteiger partial charge in [0.2, 0.25) is 5.78 Å². The molecular weight excluding hydrogens is 236 g/mol. The van der Waals surface area contributed by atoms with Gasteiger partial charge in [-0.05, 0) is 26.0 Å². The van der Waals surface area contributed by atoms with Crippen molar-refractivity contribution in [3.63, 3.8) is 0 Å². The van der Waals surface area contributed by atoms with E-state index in [0.29, 0.717) is 5.76 Å². The summed E-state index contributed by atoms with van der Waals surface area (Å²) in [5.74, 6) is 0.545. The van der Waals surface area contributed by atoms with Crippen molar-refractivity contribution in [2.45, 2.75) is 24.3 Å². The molecule has 2 rings (SSSR count). The summed E-state index contributed by atoms with van der Waals surface area (Å²) in [5.41, 5.74) is 0.0554. The molecule has 90 valence electrons. The second-order valence-corrected chi connectivity index (χ2v) is 5.84. The first-order valence-electron chi connectivity index (χ1n) is 5.29. The molecular formula is C13H14O3S. The second kappa shape index (κ2) is 4.11. The zero-order chi connectivity index (χ0) is 12.6. The van der Waals surface area contributed by atoms with Crippen molar-refractivity contribution >= 4 is 22.3 Å². The molecule has 0 aromatic heterocycles. The molecule has 1 aromatic rings. The molecule has 0 radical (unpaired) electrons. The van der Waals surface area contributed by atoms with Crippen LogP contribution in [-0.2, 0) is 20.3 Å². The fourth-order valence-electron chi connectivity index (χ4n) is 1.60. The molecule has 4 heteroatoms. The Morgan fingerprint density at radius 3 is 2.18 bits per heavy atom. The molecule has 1 atom stereocenters. The van der Waals surface area contributed by atoms with Crippen LogP contribution in [0.25, 0.3) is 5.76 Å². The van der Waals surface area contributed by atoms with Crippen LogP contribution in [0.1, 0.15) is 19.4 Å². The lowest BCUT2D eigenvalue weighted by Gasteiger charge is -2.18. The van der Waals surface area contributed by atoms with Crippen molar-refractivity contribution < 1.29 is 13.7 Å². The molecule has 0 spiro atoms. The van der Waals surface area contributed by atoms with Crippen molar-refractivity contribution in [2.24, 2.45) is 0 Å². The van der Waals surface area contributed by atoms with E-state index in [9.17, 15) is 9.00 Å². The topological polar surface area (TPSA) is 43.4 Å². The number of ketones is 1. The van der Waals surface area contributed by atoms with Gasteiger partial charge >= 0.3 is 0 Å². The maximum Gasteiger partial charge on any atom is 0.202 e. The van der Waals surface area contributed by atoms with Gasteiger partial charge < -0.3 is 4.74 Å². The number of hydrogen-bond acceptors (Lipinski definition) is 3. The molecule has 0 saturated heterocycles. The van der Waals surface area contributed by atoms with E-state index < -0.39 is 16.4 Å². The maximum atomic E-state index is 11.6. The zero-order valence-electron chi connectivity index (χ0n) is 10.0. The Labute approximate surface area is 103 Å². The summed E-state index contributed by atoms with van der Waals surface area (Å²) in [7, 11) is -0.988.